The van der Waals surface area contributed by atoms with Gasteiger partial charge in [0.2, 0.25) is 0 Å². The Morgan fingerprint density at radius 3 is 2.44 bits per heavy atom. The van der Waals surface area contributed by atoms with Crippen molar-refractivity contribution < 1.29 is 5.11 Å². The number of hydrogen-bond acceptors (Lipinski definition) is 4. The maximum absolute atomic E-state index is 9.27. The van der Waals surface area contributed by atoms with Crippen molar-refractivity contribution in [2.45, 2.75) is 19.3 Å². The summed E-state index contributed by atoms with van der Waals surface area (Å²) in [5, 5.41) is 13.3. The third kappa shape index (κ3) is 3.43. The van der Waals surface area contributed by atoms with Crippen LogP contribution in [-0.2, 0) is 0 Å². The van der Waals surface area contributed by atoms with Crippen molar-refractivity contribution in [2.24, 2.45) is 16.8 Å². The van der Waals surface area contributed by atoms with Crippen LogP contribution in [0.3, 0.4) is 0 Å². The fourth-order valence-corrected chi connectivity index (χ4v) is 2.25. The van der Waals surface area contributed by atoms with Gasteiger partial charge in [-0.2, -0.15) is 5.10 Å². The Kier molecular flexibility index (Phi) is 6.88. The molecule has 0 spiro atoms. The Morgan fingerprint density at radius 2 is 2.00 bits per heavy atom. The van der Waals surface area contributed by atoms with E-state index in [1.807, 2.05) is 12.1 Å². The minimum absolute atomic E-state index is 0. The number of phenols is 1. The van der Waals surface area contributed by atoms with Gasteiger partial charge in [-0.3, -0.25) is 0 Å². The molecule has 0 saturated carbocycles. The molecule has 2 unspecified atom stereocenters. The number of nitrogens with zero attached hydrogens (tertiary/aromatic N) is 1. The Labute approximate surface area is 119 Å². The first-order valence-corrected chi connectivity index (χ1v) is 5.57. The van der Waals surface area contributed by atoms with E-state index in [4.69, 9.17) is 5.73 Å². The number of aromatic hydroxyl groups is 1. The number of benzene rings is 1. The van der Waals surface area contributed by atoms with E-state index < -0.39 is 0 Å². The molecule has 0 fully saturated rings. The predicted octanol–water partition coefficient (Wildman–Crippen LogP) is 2.22. The summed E-state index contributed by atoms with van der Waals surface area (Å²) in [7, 11) is 0. The molecule has 2 atom stereocenters. The summed E-state index contributed by atoms with van der Waals surface area (Å²) in [5.41, 5.74) is 9.99. The van der Waals surface area contributed by atoms with Crippen LogP contribution in [0.4, 0.5) is 0 Å². The van der Waals surface area contributed by atoms with Gasteiger partial charge in [-0.1, -0.05) is 19.1 Å². The van der Waals surface area contributed by atoms with Gasteiger partial charge in [0.15, 0.2) is 0 Å². The topological polar surface area (TPSA) is 70.6 Å². The van der Waals surface area contributed by atoms with Crippen molar-refractivity contribution in [1.82, 2.24) is 5.43 Å². The molecule has 6 heteroatoms. The first-order valence-electron chi connectivity index (χ1n) is 5.57. The van der Waals surface area contributed by atoms with Crippen molar-refractivity contribution in [1.29, 1.82) is 0 Å². The van der Waals surface area contributed by atoms with Crippen molar-refractivity contribution in [3.05, 3.63) is 29.8 Å². The zero-order chi connectivity index (χ0) is 11.5. The SMILES string of the molecule is CCC(c1ccc(O)cc1)C1CNN=C1N.Cl.Cl. The van der Waals surface area contributed by atoms with Gasteiger partial charge in [0.1, 0.15) is 11.6 Å². The molecule has 0 saturated heterocycles. The van der Waals surface area contributed by atoms with Crippen LogP contribution in [0.15, 0.2) is 29.4 Å². The van der Waals surface area contributed by atoms with Crippen LogP contribution in [0.25, 0.3) is 0 Å². The van der Waals surface area contributed by atoms with Crippen LogP contribution in [0.5, 0.6) is 5.75 Å². The second kappa shape index (κ2) is 7.34. The number of halogens is 2. The highest BCUT2D eigenvalue weighted by Gasteiger charge is 2.28. The predicted molar refractivity (Wildman–Crippen MR) is 78.7 cm³/mol. The number of hydrogen-bond donors (Lipinski definition) is 3. The molecule has 2 rings (SSSR count). The van der Waals surface area contributed by atoms with E-state index in [1.54, 1.807) is 12.1 Å². The first-order chi connectivity index (χ1) is 7.72. The van der Waals surface area contributed by atoms with E-state index in [9.17, 15) is 5.11 Å². The summed E-state index contributed by atoms with van der Waals surface area (Å²) in [6.07, 6.45) is 1.01. The molecule has 0 radical (unpaired) electrons. The van der Waals surface area contributed by atoms with E-state index in [0.717, 1.165) is 13.0 Å². The normalized spacial score (nSPS) is 18.9. The van der Waals surface area contributed by atoms with E-state index in [2.05, 4.69) is 17.5 Å². The Hall–Kier alpha value is -1.13. The highest BCUT2D eigenvalue weighted by molar-refractivity contribution is 5.86. The molecule has 1 aromatic carbocycles. The molecular formula is C12H19Cl2N3O. The number of hydrazone groups is 1. The second-order valence-corrected chi connectivity index (χ2v) is 4.11. The smallest absolute Gasteiger partial charge is 0.125 e. The molecule has 1 aliphatic rings. The standard InChI is InChI=1S/C12H17N3O.2ClH/c1-2-10(11-7-14-15-12(11)13)8-3-5-9(16)6-4-8;;/h3-6,10-11,14,16H,2,7H2,1H3,(H2,13,15);2*1H. The van der Waals surface area contributed by atoms with E-state index in [1.165, 1.54) is 5.56 Å². The number of rotatable bonds is 3. The lowest BCUT2D eigenvalue weighted by molar-refractivity contribution is 0.473. The molecule has 1 aromatic rings. The van der Waals surface area contributed by atoms with Crippen molar-refractivity contribution in [3.8, 4) is 5.75 Å². The molecule has 4 nitrogen and oxygen atoms in total. The summed E-state index contributed by atoms with van der Waals surface area (Å²) in [6.45, 7) is 2.94. The summed E-state index contributed by atoms with van der Waals surface area (Å²) in [5.74, 6) is 1.60. The number of amidine groups is 1. The van der Waals surface area contributed by atoms with Crippen molar-refractivity contribution in [3.63, 3.8) is 0 Å². The molecule has 4 N–H and O–H groups in total. The fourth-order valence-electron chi connectivity index (χ4n) is 2.25. The lowest BCUT2D eigenvalue weighted by atomic mass is 9.84. The molecular weight excluding hydrogens is 273 g/mol. The quantitative estimate of drug-likeness (QED) is 0.800. The van der Waals surface area contributed by atoms with Gasteiger partial charge in [-0.15, -0.1) is 24.8 Å². The van der Waals surface area contributed by atoms with Gasteiger partial charge in [-0.25, -0.2) is 0 Å². The van der Waals surface area contributed by atoms with Crippen molar-refractivity contribution >= 4 is 30.6 Å². The third-order valence-electron chi connectivity index (χ3n) is 3.15. The average molecular weight is 292 g/mol. The Morgan fingerprint density at radius 1 is 1.39 bits per heavy atom. The molecule has 0 aromatic heterocycles. The van der Waals surface area contributed by atoms with Gasteiger partial charge < -0.3 is 16.3 Å². The van der Waals surface area contributed by atoms with Gasteiger partial charge >= 0.3 is 0 Å². The fraction of sp³-hybridized carbons (Fsp3) is 0.417. The van der Waals surface area contributed by atoms with E-state index in [-0.39, 0.29) is 30.7 Å². The molecule has 18 heavy (non-hydrogen) atoms. The molecule has 1 heterocycles. The van der Waals surface area contributed by atoms with Gasteiger partial charge in [0.25, 0.3) is 0 Å². The molecule has 0 bridgehead atoms. The second-order valence-electron chi connectivity index (χ2n) is 4.11. The number of nitrogens with one attached hydrogen (secondary N) is 1. The largest absolute Gasteiger partial charge is 0.508 e. The van der Waals surface area contributed by atoms with Crippen LogP contribution in [-0.4, -0.2) is 17.5 Å². The number of phenolic OH excluding ortho intramolecular Hbond substituents is 1. The summed E-state index contributed by atoms with van der Waals surface area (Å²) in [4.78, 5) is 0. The molecule has 102 valence electrons. The van der Waals surface area contributed by atoms with E-state index in [0.29, 0.717) is 17.5 Å². The van der Waals surface area contributed by atoms with Crippen LogP contribution >= 0.6 is 24.8 Å². The molecule has 0 amide bonds. The van der Waals surface area contributed by atoms with Crippen LogP contribution in [0.1, 0.15) is 24.8 Å². The van der Waals surface area contributed by atoms with Crippen molar-refractivity contribution in [2.75, 3.05) is 6.54 Å². The van der Waals surface area contributed by atoms with E-state index >= 15 is 0 Å². The number of nitrogens with two attached hydrogens (primary N) is 1. The Balaban J connectivity index is 0.00000144. The lowest BCUT2D eigenvalue weighted by Gasteiger charge is -2.21. The van der Waals surface area contributed by atoms with Crippen LogP contribution < -0.4 is 11.2 Å². The minimum atomic E-state index is 0. The van der Waals surface area contributed by atoms with Gasteiger partial charge in [-0.05, 0) is 30.0 Å². The monoisotopic (exact) mass is 291 g/mol. The lowest BCUT2D eigenvalue weighted by Crippen LogP contribution is -2.28. The Bertz CT molecular complexity index is 395. The minimum Gasteiger partial charge on any atom is -0.508 e. The maximum Gasteiger partial charge on any atom is 0.125 e. The van der Waals surface area contributed by atoms with Crippen LogP contribution in [0, 0.1) is 5.92 Å². The molecule has 1 aliphatic heterocycles. The van der Waals surface area contributed by atoms with Gasteiger partial charge in [0, 0.05) is 12.5 Å². The molecule has 0 aliphatic carbocycles. The summed E-state index contributed by atoms with van der Waals surface area (Å²) in [6, 6.07) is 7.34. The highest BCUT2D eigenvalue weighted by atomic mass is 35.5. The maximum atomic E-state index is 9.27. The van der Waals surface area contributed by atoms with Crippen LogP contribution in [0.2, 0.25) is 0 Å². The van der Waals surface area contributed by atoms with Gasteiger partial charge in [0.05, 0.1) is 0 Å². The highest BCUT2D eigenvalue weighted by Crippen LogP contribution is 2.30. The first kappa shape index (κ1) is 16.9. The average Bonchev–Trinajstić information content (AvgIpc) is 2.69. The zero-order valence-corrected chi connectivity index (χ0v) is 11.8. The third-order valence-corrected chi connectivity index (χ3v) is 3.15. The zero-order valence-electron chi connectivity index (χ0n) is 10.2. The summed E-state index contributed by atoms with van der Waals surface area (Å²) < 4.78 is 0. The summed E-state index contributed by atoms with van der Waals surface area (Å²) >= 11 is 0.